The quantitative estimate of drug-likeness (QED) is 0.537. The normalized spacial score (nSPS) is 16.3. The van der Waals surface area contributed by atoms with Gasteiger partial charge < -0.3 is 9.47 Å². The van der Waals surface area contributed by atoms with Gasteiger partial charge in [-0.3, -0.25) is 0 Å². The first kappa shape index (κ1) is 17.5. The number of halogens is 1. The van der Waals surface area contributed by atoms with E-state index in [9.17, 15) is 9.18 Å². The minimum absolute atomic E-state index is 0.0653. The van der Waals surface area contributed by atoms with Crippen LogP contribution in [0.3, 0.4) is 0 Å². The van der Waals surface area contributed by atoms with Crippen LogP contribution < -0.4 is 4.74 Å². The van der Waals surface area contributed by atoms with Crippen LogP contribution in [0.1, 0.15) is 49.0 Å². The highest BCUT2D eigenvalue weighted by molar-refractivity contribution is 5.94. The summed E-state index contributed by atoms with van der Waals surface area (Å²) >= 11 is 0. The highest BCUT2D eigenvalue weighted by Gasteiger charge is 2.28. The van der Waals surface area contributed by atoms with Gasteiger partial charge in [0.25, 0.3) is 0 Å². The zero-order valence-corrected chi connectivity index (χ0v) is 14.7. The van der Waals surface area contributed by atoms with Crippen LogP contribution in [0.15, 0.2) is 36.4 Å². The van der Waals surface area contributed by atoms with Gasteiger partial charge in [0.2, 0.25) is 0 Å². The van der Waals surface area contributed by atoms with Gasteiger partial charge in [0, 0.05) is 12.0 Å². The monoisotopic (exact) mass is 342 g/mol. The summed E-state index contributed by atoms with van der Waals surface area (Å²) in [7, 11) is 0. The lowest BCUT2D eigenvalue weighted by molar-refractivity contribution is 0.0294. The summed E-state index contributed by atoms with van der Waals surface area (Å²) in [5, 5.41) is 0. The Morgan fingerprint density at radius 2 is 1.92 bits per heavy atom. The van der Waals surface area contributed by atoms with Crippen LogP contribution in [-0.4, -0.2) is 18.7 Å². The Morgan fingerprint density at radius 3 is 2.64 bits per heavy atom. The van der Waals surface area contributed by atoms with Crippen molar-refractivity contribution in [1.29, 1.82) is 0 Å². The van der Waals surface area contributed by atoms with Crippen LogP contribution >= 0.6 is 0 Å². The summed E-state index contributed by atoms with van der Waals surface area (Å²) in [6.45, 7) is 4.65. The van der Waals surface area contributed by atoms with Gasteiger partial charge in [-0.2, -0.15) is 0 Å². The minimum atomic E-state index is -0.580. The van der Waals surface area contributed by atoms with Crippen molar-refractivity contribution >= 4 is 5.97 Å². The van der Waals surface area contributed by atoms with Crippen LogP contribution in [-0.2, 0) is 11.2 Å². The topological polar surface area (TPSA) is 35.5 Å². The molecular formula is C21H23FO3. The van der Waals surface area contributed by atoms with Gasteiger partial charge in [0.1, 0.15) is 17.7 Å². The fraction of sp³-hybridized carbons (Fsp3) is 0.381. The van der Waals surface area contributed by atoms with E-state index in [0.29, 0.717) is 29.7 Å². The molecule has 3 rings (SSSR count). The number of fused-ring (bicyclic) bond motifs is 1. The second-order valence-corrected chi connectivity index (χ2v) is 6.46. The molecule has 0 radical (unpaired) electrons. The molecule has 0 spiro atoms. The van der Waals surface area contributed by atoms with Crippen molar-refractivity contribution < 1.29 is 18.7 Å². The zero-order valence-electron chi connectivity index (χ0n) is 14.7. The number of carbonyl (C=O) groups excluding carboxylic acids is 1. The fourth-order valence-corrected chi connectivity index (χ4v) is 3.10. The molecule has 0 aliphatic carbocycles. The molecule has 0 bridgehead atoms. The Hall–Kier alpha value is -2.36. The van der Waals surface area contributed by atoms with E-state index in [1.54, 1.807) is 6.07 Å². The van der Waals surface area contributed by atoms with Gasteiger partial charge in [-0.25, -0.2) is 9.18 Å². The molecule has 2 aromatic carbocycles. The van der Waals surface area contributed by atoms with E-state index in [4.69, 9.17) is 9.47 Å². The van der Waals surface area contributed by atoms with E-state index in [1.165, 1.54) is 0 Å². The number of esters is 1. The van der Waals surface area contributed by atoms with Crippen molar-refractivity contribution in [1.82, 2.24) is 0 Å². The van der Waals surface area contributed by atoms with Gasteiger partial charge in [-0.1, -0.05) is 44.0 Å². The first-order chi connectivity index (χ1) is 12.1. The second kappa shape index (κ2) is 7.68. The maximum Gasteiger partial charge on any atom is 0.341 e. The number of benzene rings is 2. The van der Waals surface area contributed by atoms with Crippen LogP contribution in [0.4, 0.5) is 4.39 Å². The lowest BCUT2D eigenvalue weighted by Crippen LogP contribution is -2.26. The third-order valence-corrected chi connectivity index (χ3v) is 4.43. The van der Waals surface area contributed by atoms with Gasteiger partial charge in [0.15, 0.2) is 0 Å². The van der Waals surface area contributed by atoms with Crippen molar-refractivity contribution in [3.05, 3.63) is 53.3 Å². The first-order valence-corrected chi connectivity index (χ1v) is 8.85. The summed E-state index contributed by atoms with van der Waals surface area (Å²) in [5.41, 5.74) is 1.90. The van der Waals surface area contributed by atoms with Crippen molar-refractivity contribution in [2.75, 3.05) is 6.61 Å². The highest BCUT2D eigenvalue weighted by atomic mass is 19.1. The molecule has 0 N–H and O–H groups in total. The Kier molecular flexibility index (Phi) is 5.37. The molecule has 1 unspecified atom stereocenters. The minimum Gasteiger partial charge on any atom is -0.494 e. The van der Waals surface area contributed by atoms with E-state index in [-0.39, 0.29) is 11.7 Å². The van der Waals surface area contributed by atoms with E-state index < -0.39 is 11.8 Å². The zero-order chi connectivity index (χ0) is 17.8. The summed E-state index contributed by atoms with van der Waals surface area (Å²) in [6, 6.07) is 10.9. The summed E-state index contributed by atoms with van der Waals surface area (Å²) in [5.74, 6) is -0.318. The number of unbranched alkanes of at least 4 members (excludes halogenated alkanes) is 2. The number of hydrogen-bond donors (Lipinski definition) is 0. The molecule has 0 aromatic heterocycles. The summed E-state index contributed by atoms with van der Waals surface area (Å²) in [6.07, 6.45) is 3.66. The van der Waals surface area contributed by atoms with Crippen LogP contribution in [0.25, 0.3) is 11.1 Å². The highest BCUT2D eigenvalue weighted by Crippen LogP contribution is 2.31. The molecule has 2 aromatic rings. The van der Waals surface area contributed by atoms with Crippen LogP contribution in [0.5, 0.6) is 5.75 Å². The number of carbonyl (C=O) groups is 1. The summed E-state index contributed by atoms with van der Waals surface area (Å²) < 4.78 is 25.7. The SMILES string of the molecule is CCCCCOc1ccc(-c2ccc3c(c2F)C(=O)OC(C)C3)cc1. The largest absolute Gasteiger partial charge is 0.494 e. The molecule has 1 heterocycles. The molecule has 1 atom stereocenters. The van der Waals surface area contributed by atoms with Crippen molar-refractivity contribution in [2.24, 2.45) is 0 Å². The maximum absolute atomic E-state index is 14.9. The van der Waals surface area contributed by atoms with E-state index in [0.717, 1.165) is 25.0 Å². The standard InChI is InChI=1S/C21H23FO3/c1-3-4-5-12-24-17-9-6-15(7-10-17)18-11-8-16-13-14(2)25-21(23)19(16)20(18)22/h6-11,14H,3-5,12-13H2,1-2H3. The Labute approximate surface area is 147 Å². The molecular weight excluding hydrogens is 319 g/mol. The molecule has 0 amide bonds. The van der Waals surface area contributed by atoms with Gasteiger partial charge >= 0.3 is 5.97 Å². The predicted molar refractivity (Wildman–Crippen MR) is 95.4 cm³/mol. The average molecular weight is 342 g/mol. The smallest absolute Gasteiger partial charge is 0.341 e. The molecule has 0 saturated carbocycles. The maximum atomic E-state index is 14.9. The molecule has 1 aliphatic heterocycles. The molecule has 132 valence electrons. The average Bonchev–Trinajstić information content (AvgIpc) is 2.59. The molecule has 4 heteroatoms. The Morgan fingerprint density at radius 1 is 1.16 bits per heavy atom. The van der Waals surface area contributed by atoms with E-state index in [1.807, 2.05) is 37.3 Å². The van der Waals surface area contributed by atoms with E-state index >= 15 is 0 Å². The van der Waals surface area contributed by atoms with Gasteiger partial charge in [-0.15, -0.1) is 0 Å². The third kappa shape index (κ3) is 3.84. The molecule has 0 fully saturated rings. The third-order valence-electron chi connectivity index (χ3n) is 4.43. The number of cyclic esters (lactones) is 1. The van der Waals surface area contributed by atoms with Crippen molar-refractivity contribution in [3.63, 3.8) is 0 Å². The molecule has 25 heavy (non-hydrogen) atoms. The lowest BCUT2D eigenvalue weighted by Gasteiger charge is -2.23. The molecule has 1 aliphatic rings. The second-order valence-electron chi connectivity index (χ2n) is 6.46. The number of rotatable bonds is 6. The number of ether oxygens (including phenoxy) is 2. The predicted octanol–water partition coefficient (Wildman–Crippen LogP) is 5.16. The Bertz CT molecular complexity index is 752. The lowest BCUT2D eigenvalue weighted by atomic mass is 9.93. The molecule has 0 saturated heterocycles. The van der Waals surface area contributed by atoms with Crippen molar-refractivity contribution in [3.8, 4) is 16.9 Å². The van der Waals surface area contributed by atoms with E-state index in [2.05, 4.69) is 6.92 Å². The fourth-order valence-electron chi connectivity index (χ4n) is 3.10. The van der Waals surface area contributed by atoms with Gasteiger partial charge in [-0.05, 0) is 36.6 Å². The summed E-state index contributed by atoms with van der Waals surface area (Å²) in [4.78, 5) is 12.0. The molecule has 3 nitrogen and oxygen atoms in total. The Balaban J connectivity index is 1.80. The van der Waals surface area contributed by atoms with Crippen molar-refractivity contribution in [2.45, 2.75) is 45.6 Å². The van der Waals surface area contributed by atoms with Gasteiger partial charge in [0.05, 0.1) is 12.2 Å². The van der Waals surface area contributed by atoms with Crippen LogP contribution in [0, 0.1) is 5.82 Å². The van der Waals surface area contributed by atoms with Crippen LogP contribution in [0.2, 0.25) is 0 Å². The first-order valence-electron chi connectivity index (χ1n) is 8.85. The number of hydrogen-bond acceptors (Lipinski definition) is 3.